The van der Waals surface area contributed by atoms with Crippen molar-refractivity contribution in [2.24, 2.45) is 0 Å². The van der Waals surface area contributed by atoms with Gasteiger partial charge in [0.1, 0.15) is 0 Å². The van der Waals surface area contributed by atoms with Gasteiger partial charge in [-0.3, -0.25) is 0 Å². The molecule has 0 atom stereocenters. The normalized spacial score (nSPS) is 16.7. The molecule has 2 N–H and O–H groups in total. The van der Waals surface area contributed by atoms with Gasteiger partial charge in [-0.05, 0) is 30.9 Å². The molecular weight excluding hydrogens is 226 g/mol. The van der Waals surface area contributed by atoms with E-state index in [-0.39, 0.29) is 5.41 Å². The molecule has 4 nitrogen and oxygen atoms in total. The summed E-state index contributed by atoms with van der Waals surface area (Å²) in [5, 5.41) is 4.07. The number of hydrogen-bond donors (Lipinski definition) is 1. The number of nitrogens with two attached hydrogens (primary N) is 1. The van der Waals surface area contributed by atoms with E-state index in [0.717, 1.165) is 42.8 Å². The highest BCUT2D eigenvalue weighted by Gasteiger charge is 2.43. The van der Waals surface area contributed by atoms with Crippen LogP contribution < -0.4 is 5.73 Å². The Labute approximate surface area is 106 Å². The van der Waals surface area contributed by atoms with E-state index in [2.05, 4.69) is 17.1 Å². The lowest BCUT2D eigenvalue weighted by Gasteiger charge is -2.02. The third-order valence-electron chi connectivity index (χ3n) is 3.67. The maximum Gasteiger partial charge on any atom is 0.226 e. The van der Waals surface area contributed by atoms with E-state index in [1.807, 2.05) is 24.3 Å². The van der Waals surface area contributed by atoms with Gasteiger partial charge in [-0.15, -0.1) is 0 Å². The van der Waals surface area contributed by atoms with E-state index in [1.54, 1.807) is 0 Å². The highest BCUT2D eigenvalue weighted by molar-refractivity contribution is 5.46. The second kappa shape index (κ2) is 4.12. The number of nitrogens with zero attached hydrogens (tertiary/aromatic N) is 2. The van der Waals surface area contributed by atoms with Gasteiger partial charge < -0.3 is 10.3 Å². The number of aromatic nitrogens is 2. The molecule has 0 radical (unpaired) electrons. The minimum Gasteiger partial charge on any atom is -0.399 e. The van der Waals surface area contributed by atoms with Crippen LogP contribution in [0, 0.1) is 0 Å². The molecule has 94 valence electrons. The van der Waals surface area contributed by atoms with Crippen LogP contribution in [0.25, 0.3) is 0 Å². The first-order valence-electron chi connectivity index (χ1n) is 6.34. The molecule has 4 heteroatoms. The summed E-state index contributed by atoms with van der Waals surface area (Å²) in [4.78, 5) is 4.47. The van der Waals surface area contributed by atoms with Gasteiger partial charge in [-0.2, -0.15) is 4.98 Å². The molecule has 1 aliphatic rings. The summed E-state index contributed by atoms with van der Waals surface area (Å²) in [7, 11) is 0. The third-order valence-corrected chi connectivity index (χ3v) is 3.67. The number of nitrogen functional groups attached to an aromatic ring is 1. The first-order chi connectivity index (χ1) is 8.67. The molecule has 0 spiro atoms. The first kappa shape index (κ1) is 11.3. The van der Waals surface area contributed by atoms with Gasteiger partial charge in [0.25, 0.3) is 0 Å². The van der Waals surface area contributed by atoms with Crippen molar-refractivity contribution in [2.75, 3.05) is 5.73 Å². The maximum absolute atomic E-state index is 5.90. The molecule has 0 aliphatic heterocycles. The zero-order chi connectivity index (χ0) is 12.6. The molecule has 1 fully saturated rings. The van der Waals surface area contributed by atoms with Crippen LogP contribution in [0.5, 0.6) is 0 Å². The van der Waals surface area contributed by atoms with Crippen LogP contribution in [0.2, 0.25) is 0 Å². The van der Waals surface area contributed by atoms with E-state index < -0.39 is 0 Å². The predicted octanol–water partition coefficient (Wildman–Crippen LogP) is 2.49. The molecule has 3 rings (SSSR count). The number of anilines is 1. The fourth-order valence-electron chi connectivity index (χ4n) is 2.02. The monoisotopic (exact) mass is 243 g/mol. The van der Waals surface area contributed by atoms with Crippen molar-refractivity contribution in [1.82, 2.24) is 10.1 Å². The fourth-order valence-corrected chi connectivity index (χ4v) is 2.02. The lowest BCUT2D eigenvalue weighted by Crippen LogP contribution is -2.02. The Morgan fingerprint density at radius 1 is 1.28 bits per heavy atom. The van der Waals surface area contributed by atoms with E-state index in [0.29, 0.717) is 5.89 Å². The van der Waals surface area contributed by atoms with Crippen LogP contribution in [0.15, 0.2) is 28.8 Å². The summed E-state index contributed by atoms with van der Waals surface area (Å²) in [6.07, 6.45) is 3.91. The quantitative estimate of drug-likeness (QED) is 0.838. The van der Waals surface area contributed by atoms with Gasteiger partial charge in [0, 0.05) is 17.5 Å². The summed E-state index contributed by atoms with van der Waals surface area (Å²) in [6.45, 7) is 2.18. The molecule has 1 heterocycles. The zero-order valence-electron chi connectivity index (χ0n) is 10.5. The lowest BCUT2D eigenvalue weighted by atomic mass is 10.1. The average molecular weight is 243 g/mol. The van der Waals surface area contributed by atoms with Crippen LogP contribution >= 0.6 is 0 Å². The predicted molar refractivity (Wildman–Crippen MR) is 69.1 cm³/mol. The molecule has 0 unspecified atom stereocenters. The molecule has 0 bridgehead atoms. The minimum absolute atomic E-state index is 0.174. The highest BCUT2D eigenvalue weighted by atomic mass is 16.5. The number of rotatable bonds is 4. The van der Waals surface area contributed by atoms with E-state index in [1.165, 1.54) is 0 Å². The van der Waals surface area contributed by atoms with Crippen molar-refractivity contribution in [2.45, 2.75) is 38.0 Å². The highest BCUT2D eigenvalue weighted by Crippen LogP contribution is 2.45. The molecule has 18 heavy (non-hydrogen) atoms. The maximum atomic E-state index is 5.90. The van der Waals surface area contributed by atoms with Crippen molar-refractivity contribution < 1.29 is 4.52 Å². The number of benzene rings is 1. The summed E-state index contributed by atoms with van der Waals surface area (Å²) < 4.78 is 5.29. The van der Waals surface area contributed by atoms with Gasteiger partial charge in [-0.25, -0.2) is 0 Å². The average Bonchev–Trinajstić information content (AvgIpc) is 2.93. The largest absolute Gasteiger partial charge is 0.399 e. The van der Waals surface area contributed by atoms with Gasteiger partial charge in [0.05, 0.1) is 0 Å². The molecule has 0 amide bonds. The van der Waals surface area contributed by atoms with Crippen LogP contribution in [0.3, 0.4) is 0 Å². The van der Waals surface area contributed by atoms with E-state index in [9.17, 15) is 0 Å². The minimum atomic E-state index is 0.174. The topological polar surface area (TPSA) is 64.9 Å². The number of hydrogen-bond acceptors (Lipinski definition) is 4. The van der Waals surface area contributed by atoms with Crippen molar-refractivity contribution >= 4 is 5.69 Å². The summed E-state index contributed by atoms with van der Waals surface area (Å²) in [5.74, 6) is 1.57. The summed E-state index contributed by atoms with van der Waals surface area (Å²) in [6, 6.07) is 7.89. The van der Waals surface area contributed by atoms with Crippen molar-refractivity contribution in [1.29, 1.82) is 0 Å². The van der Waals surface area contributed by atoms with Gasteiger partial charge in [0.15, 0.2) is 5.82 Å². The van der Waals surface area contributed by atoms with Crippen LogP contribution in [0.1, 0.15) is 37.0 Å². The standard InChI is InChI=1S/C14H17N3O/c1-14(8-9-14)13-16-12(18-17-13)7-6-10-4-2-3-5-11(10)15/h2-5H,6-9,15H2,1H3. The van der Waals surface area contributed by atoms with Crippen molar-refractivity contribution in [3.63, 3.8) is 0 Å². The van der Waals surface area contributed by atoms with Crippen molar-refractivity contribution in [3.05, 3.63) is 41.5 Å². The Balaban J connectivity index is 1.67. The molecule has 2 aromatic rings. The second-order valence-electron chi connectivity index (χ2n) is 5.27. The van der Waals surface area contributed by atoms with E-state index in [4.69, 9.17) is 10.3 Å². The number of para-hydroxylation sites is 1. The van der Waals surface area contributed by atoms with Crippen LogP contribution in [-0.4, -0.2) is 10.1 Å². The Bertz CT molecular complexity index is 558. The molecule has 1 saturated carbocycles. The van der Waals surface area contributed by atoms with Crippen molar-refractivity contribution in [3.8, 4) is 0 Å². The first-order valence-corrected chi connectivity index (χ1v) is 6.34. The Morgan fingerprint density at radius 2 is 2.06 bits per heavy atom. The lowest BCUT2D eigenvalue weighted by molar-refractivity contribution is 0.369. The second-order valence-corrected chi connectivity index (χ2v) is 5.27. The summed E-state index contributed by atoms with van der Waals surface area (Å²) in [5.41, 5.74) is 8.04. The molecular formula is C14H17N3O. The molecule has 0 saturated heterocycles. The van der Waals surface area contributed by atoms with Crippen LogP contribution in [-0.2, 0) is 18.3 Å². The van der Waals surface area contributed by atoms with Gasteiger partial charge in [-0.1, -0.05) is 30.3 Å². The molecule has 1 aliphatic carbocycles. The van der Waals surface area contributed by atoms with Gasteiger partial charge >= 0.3 is 0 Å². The summed E-state index contributed by atoms with van der Waals surface area (Å²) >= 11 is 0. The Hall–Kier alpha value is -1.84. The Kier molecular flexibility index (Phi) is 2.58. The number of aryl methyl sites for hydroxylation is 2. The molecule has 1 aromatic heterocycles. The molecule has 1 aromatic carbocycles. The van der Waals surface area contributed by atoms with Gasteiger partial charge in [0.2, 0.25) is 5.89 Å². The third kappa shape index (κ3) is 2.10. The Morgan fingerprint density at radius 3 is 2.78 bits per heavy atom. The van der Waals surface area contributed by atoms with Crippen LogP contribution in [0.4, 0.5) is 5.69 Å². The SMILES string of the molecule is CC1(c2noc(CCc3ccccc3N)n2)CC1. The zero-order valence-corrected chi connectivity index (χ0v) is 10.5. The fraction of sp³-hybridized carbons (Fsp3) is 0.429. The smallest absolute Gasteiger partial charge is 0.226 e. The van der Waals surface area contributed by atoms with E-state index >= 15 is 0 Å².